The van der Waals surface area contributed by atoms with Gasteiger partial charge in [0, 0.05) is 0 Å². The number of hydrogen-bond donors (Lipinski definition) is 0. The molecule has 0 rings (SSSR count). The first-order valence-corrected chi connectivity index (χ1v) is 5.71. The van der Waals surface area contributed by atoms with Gasteiger partial charge in [-0.2, -0.15) is 0 Å². The molecule has 0 aromatic heterocycles. The third-order valence-corrected chi connectivity index (χ3v) is 2.05. The average molecular weight is 212 g/mol. The largest absolute Gasteiger partial charge is 0.460 e. The van der Waals surface area contributed by atoms with Crippen LogP contribution in [-0.4, -0.2) is 11.6 Å². The van der Waals surface area contributed by atoms with Gasteiger partial charge in [-0.3, -0.25) is 4.79 Å². The van der Waals surface area contributed by atoms with Crippen molar-refractivity contribution in [2.75, 3.05) is 0 Å². The molecule has 0 amide bonds. The van der Waals surface area contributed by atoms with Crippen molar-refractivity contribution in [1.29, 1.82) is 0 Å². The highest BCUT2D eigenvalue weighted by Crippen LogP contribution is 2.15. The molecular formula is C13H24O2. The molecule has 0 saturated carbocycles. The summed E-state index contributed by atoms with van der Waals surface area (Å²) in [7, 11) is 0. The summed E-state index contributed by atoms with van der Waals surface area (Å²) in [5, 5.41) is 0. The van der Waals surface area contributed by atoms with E-state index in [9.17, 15) is 4.79 Å². The van der Waals surface area contributed by atoms with Crippen molar-refractivity contribution in [3.8, 4) is 0 Å². The lowest BCUT2D eigenvalue weighted by atomic mass is 10.0. The van der Waals surface area contributed by atoms with Crippen molar-refractivity contribution in [2.45, 2.75) is 59.5 Å². The first-order valence-electron chi connectivity index (χ1n) is 5.71. The van der Waals surface area contributed by atoms with E-state index < -0.39 is 0 Å². The Morgan fingerprint density at radius 2 is 2.00 bits per heavy atom. The van der Waals surface area contributed by atoms with E-state index in [0.717, 1.165) is 19.3 Å². The summed E-state index contributed by atoms with van der Waals surface area (Å²) in [6.07, 6.45) is 7.16. The lowest BCUT2D eigenvalue weighted by Gasteiger charge is -2.22. The Balaban J connectivity index is 3.79. The summed E-state index contributed by atoms with van der Waals surface area (Å²) >= 11 is 0. The fraction of sp³-hybridized carbons (Fsp3) is 0.769. The quantitative estimate of drug-likeness (QED) is 0.394. The maximum absolute atomic E-state index is 11.6. The Morgan fingerprint density at radius 1 is 1.40 bits per heavy atom. The van der Waals surface area contributed by atoms with Crippen LogP contribution in [0.3, 0.4) is 0 Å². The van der Waals surface area contributed by atoms with Gasteiger partial charge >= 0.3 is 5.97 Å². The molecular weight excluding hydrogens is 188 g/mol. The molecule has 0 aromatic rings. The maximum Gasteiger partial charge on any atom is 0.309 e. The molecule has 2 nitrogen and oxygen atoms in total. The summed E-state index contributed by atoms with van der Waals surface area (Å²) < 4.78 is 5.30. The second-order valence-corrected chi connectivity index (χ2v) is 4.93. The Hall–Kier alpha value is -0.790. The van der Waals surface area contributed by atoms with Crippen LogP contribution < -0.4 is 0 Å². The third kappa shape index (κ3) is 8.22. The number of hydrogen-bond acceptors (Lipinski definition) is 2. The monoisotopic (exact) mass is 212 g/mol. The van der Waals surface area contributed by atoms with Crippen molar-refractivity contribution < 1.29 is 9.53 Å². The Kier molecular flexibility index (Phi) is 6.30. The van der Waals surface area contributed by atoms with E-state index in [1.165, 1.54) is 0 Å². The first-order chi connectivity index (χ1) is 6.87. The summed E-state index contributed by atoms with van der Waals surface area (Å²) in [6, 6.07) is 0. The van der Waals surface area contributed by atoms with Crippen molar-refractivity contribution in [1.82, 2.24) is 0 Å². The van der Waals surface area contributed by atoms with Gasteiger partial charge in [-0.25, -0.2) is 0 Å². The van der Waals surface area contributed by atoms with E-state index in [-0.39, 0.29) is 17.5 Å². The van der Waals surface area contributed by atoms with Crippen molar-refractivity contribution in [2.24, 2.45) is 5.92 Å². The van der Waals surface area contributed by atoms with E-state index in [1.807, 2.05) is 40.7 Å². The minimum absolute atomic E-state index is 0.00878. The van der Waals surface area contributed by atoms with Crippen LogP contribution in [0.15, 0.2) is 12.2 Å². The maximum atomic E-state index is 11.6. The molecule has 0 fully saturated rings. The second-order valence-electron chi connectivity index (χ2n) is 4.93. The highest BCUT2D eigenvalue weighted by atomic mass is 16.6. The van der Waals surface area contributed by atoms with E-state index >= 15 is 0 Å². The zero-order valence-electron chi connectivity index (χ0n) is 10.7. The molecule has 0 bridgehead atoms. The number of ether oxygens (including phenoxy) is 1. The summed E-state index contributed by atoms with van der Waals surface area (Å²) in [5.74, 6) is -0.0718. The fourth-order valence-corrected chi connectivity index (χ4v) is 1.23. The van der Waals surface area contributed by atoms with Gasteiger partial charge in [-0.1, -0.05) is 19.1 Å². The topological polar surface area (TPSA) is 26.3 Å². The molecule has 0 heterocycles. The first kappa shape index (κ1) is 14.2. The van der Waals surface area contributed by atoms with Crippen LogP contribution >= 0.6 is 0 Å². The van der Waals surface area contributed by atoms with Gasteiger partial charge in [-0.15, -0.1) is 0 Å². The van der Waals surface area contributed by atoms with Crippen LogP contribution in [0.25, 0.3) is 0 Å². The third-order valence-electron chi connectivity index (χ3n) is 2.05. The van der Waals surface area contributed by atoms with Gasteiger partial charge in [0.05, 0.1) is 5.92 Å². The number of esters is 1. The molecule has 0 saturated heterocycles. The van der Waals surface area contributed by atoms with E-state index in [0.29, 0.717) is 0 Å². The van der Waals surface area contributed by atoms with Crippen LogP contribution in [0.2, 0.25) is 0 Å². The standard InChI is InChI=1S/C13H24O2/c1-6-7-8-9-10-11(2)12(14)15-13(3,4)5/h6-7,11H,8-10H2,1-5H3. The van der Waals surface area contributed by atoms with Crippen LogP contribution in [0.4, 0.5) is 0 Å². The molecule has 88 valence electrons. The molecule has 0 aromatic carbocycles. The molecule has 1 unspecified atom stereocenters. The lowest BCUT2D eigenvalue weighted by molar-refractivity contribution is -0.159. The smallest absolute Gasteiger partial charge is 0.309 e. The number of carbonyl (C=O) groups is 1. The van der Waals surface area contributed by atoms with Crippen molar-refractivity contribution in [3.63, 3.8) is 0 Å². The van der Waals surface area contributed by atoms with Crippen molar-refractivity contribution >= 4 is 5.97 Å². The zero-order chi connectivity index (χ0) is 11.9. The highest BCUT2D eigenvalue weighted by Gasteiger charge is 2.20. The Bertz CT molecular complexity index is 211. The Morgan fingerprint density at radius 3 is 2.47 bits per heavy atom. The second kappa shape index (κ2) is 6.65. The predicted molar refractivity (Wildman–Crippen MR) is 63.7 cm³/mol. The van der Waals surface area contributed by atoms with Gasteiger partial charge < -0.3 is 4.74 Å². The molecule has 0 N–H and O–H groups in total. The highest BCUT2D eigenvalue weighted by molar-refractivity contribution is 5.72. The van der Waals surface area contributed by atoms with Gasteiger partial charge in [0.25, 0.3) is 0 Å². The molecule has 0 aliphatic carbocycles. The normalized spacial score (nSPS) is 14.2. The number of unbranched alkanes of at least 4 members (excludes halogenated alkanes) is 1. The lowest BCUT2D eigenvalue weighted by Crippen LogP contribution is -2.27. The average Bonchev–Trinajstić information content (AvgIpc) is 2.09. The predicted octanol–water partition coefficient (Wildman–Crippen LogP) is 3.71. The molecule has 15 heavy (non-hydrogen) atoms. The van der Waals surface area contributed by atoms with E-state index in [2.05, 4.69) is 6.08 Å². The van der Waals surface area contributed by atoms with Crippen LogP contribution in [0.5, 0.6) is 0 Å². The van der Waals surface area contributed by atoms with Gasteiger partial charge in [0.1, 0.15) is 5.60 Å². The fourth-order valence-electron chi connectivity index (χ4n) is 1.23. The van der Waals surface area contributed by atoms with Gasteiger partial charge in [0.2, 0.25) is 0 Å². The Labute approximate surface area is 93.7 Å². The number of carbonyl (C=O) groups excluding carboxylic acids is 1. The summed E-state index contributed by atoms with van der Waals surface area (Å²) in [6.45, 7) is 9.65. The van der Waals surface area contributed by atoms with E-state index in [4.69, 9.17) is 4.74 Å². The van der Waals surface area contributed by atoms with Crippen LogP contribution in [0, 0.1) is 5.92 Å². The number of rotatable bonds is 5. The molecule has 1 atom stereocenters. The SMILES string of the molecule is CC=CCCCC(C)C(=O)OC(C)(C)C. The molecule has 0 radical (unpaired) electrons. The molecule has 0 spiro atoms. The molecule has 2 heteroatoms. The summed E-state index contributed by atoms with van der Waals surface area (Å²) in [5.41, 5.74) is -0.366. The minimum Gasteiger partial charge on any atom is -0.460 e. The minimum atomic E-state index is -0.366. The molecule has 0 aliphatic heterocycles. The van der Waals surface area contributed by atoms with E-state index in [1.54, 1.807) is 0 Å². The van der Waals surface area contributed by atoms with Crippen LogP contribution in [0.1, 0.15) is 53.9 Å². The van der Waals surface area contributed by atoms with Crippen molar-refractivity contribution in [3.05, 3.63) is 12.2 Å². The summed E-state index contributed by atoms with van der Waals surface area (Å²) in [4.78, 5) is 11.6. The van der Waals surface area contributed by atoms with Gasteiger partial charge in [-0.05, 0) is 47.0 Å². The van der Waals surface area contributed by atoms with Gasteiger partial charge in [0.15, 0.2) is 0 Å². The zero-order valence-corrected chi connectivity index (χ0v) is 10.7. The molecule has 0 aliphatic rings. The number of allylic oxidation sites excluding steroid dienone is 2. The van der Waals surface area contributed by atoms with Crippen LogP contribution in [-0.2, 0) is 9.53 Å².